The number of pyridine rings is 2. The van der Waals surface area contributed by atoms with Crippen molar-refractivity contribution in [3.63, 3.8) is 0 Å². The second-order valence-electron chi connectivity index (χ2n) is 8.90. The van der Waals surface area contributed by atoms with Crippen LogP contribution < -0.4 is 38.6 Å². The Morgan fingerprint density at radius 2 is 1.29 bits per heavy atom. The zero-order valence-corrected chi connectivity index (χ0v) is 22.0. The van der Waals surface area contributed by atoms with Crippen molar-refractivity contribution in [2.24, 2.45) is 22.2 Å². The minimum Gasteiger partial charge on any atom is -0.370 e. The molecule has 0 aliphatic heterocycles. The molecule has 12 N–H and O–H groups in total. The predicted octanol–water partition coefficient (Wildman–Crippen LogP) is -1.37. The second kappa shape index (κ2) is 17.4. The quantitative estimate of drug-likeness (QED) is 0.0745. The summed E-state index contributed by atoms with van der Waals surface area (Å²) in [4.78, 5) is 41.7. The maximum atomic E-state index is 13.0. The second-order valence-corrected chi connectivity index (χ2v) is 8.90. The fraction of sp³-hybridized carbons (Fsp3) is 0.462. The van der Waals surface area contributed by atoms with Crippen molar-refractivity contribution in [2.45, 2.75) is 51.4 Å². The molecule has 0 saturated heterocycles. The van der Waals surface area contributed by atoms with Gasteiger partial charge in [-0.2, -0.15) is 0 Å². The summed E-state index contributed by atoms with van der Waals surface area (Å²) in [5.41, 5.74) is 21.2. The molecule has 0 aromatic carbocycles. The van der Waals surface area contributed by atoms with Crippen molar-refractivity contribution in [1.82, 2.24) is 20.6 Å². The minimum absolute atomic E-state index is 0.105. The lowest BCUT2D eigenvalue weighted by molar-refractivity contribution is -0.504. The smallest absolute Gasteiger partial charge is 0.370 e. The molecule has 0 unspecified atom stereocenters. The van der Waals surface area contributed by atoms with E-state index in [1.165, 1.54) is 0 Å². The van der Waals surface area contributed by atoms with Crippen LogP contribution in [0.2, 0.25) is 0 Å². The Bertz CT molecular complexity index is 994. The normalized spacial score (nSPS) is 11.1. The van der Waals surface area contributed by atoms with E-state index in [-0.39, 0.29) is 17.8 Å². The Hall–Kier alpha value is -4.06. The van der Waals surface area contributed by atoms with E-state index in [1.54, 1.807) is 36.7 Å². The molecule has 0 radical (unpaired) electrons. The van der Waals surface area contributed by atoms with Crippen molar-refractivity contribution in [3.05, 3.63) is 47.8 Å². The number of guanidine groups is 2. The number of rotatable bonds is 17. The lowest BCUT2D eigenvalue weighted by atomic mass is 10.0. The summed E-state index contributed by atoms with van der Waals surface area (Å²) in [6.07, 6.45) is 10.7. The Balaban J connectivity index is 1.89. The van der Waals surface area contributed by atoms with Gasteiger partial charge in [0, 0.05) is 32.0 Å². The molecule has 12 nitrogen and oxygen atoms in total. The van der Waals surface area contributed by atoms with E-state index in [4.69, 9.17) is 17.2 Å². The third kappa shape index (κ3) is 11.3. The summed E-state index contributed by atoms with van der Waals surface area (Å²) in [5, 5.41) is 5.90. The number of carbonyl (C=O) groups excluding carboxylic acids is 2. The van der Waals surface area contributed by atoms with Gasteiger partial charge in [-0.15, -0.1) is 0 Å². The molecule has 0 atom stereocenters. The van der Waals surface area contributed by atoms with E-state index in [0.717, 1.165) is 57.9 Å². The summed E-state index contributed by atoms with van der Waals surface area (Å²) in [7, 11) is 0. The zero-order chi connectivity index (χ0) is 27.6. The maximum absolute atomic E-state index is 13.0. The van der Waals surface area contributed by atoms with E-state index in [1.807, 2.05) is 0 Å². The highest BCUT2D eigenvalue weighted by Crippen LogP contribution is 2.23. The summed E-state index contributed by atoms with van der Waals surface area (Å²) in [5.74, 6) is 0.0868. The van der Waals surface area contributed by atoms with Gasteiger partial charge in [0.15, 0.2) is 5.96 Å². The lowest BCUT2D eigenvalue weighted by Crippen LogP contribution is -2.88. The first-order valence-electron chi connectivity index (χ1n) is 13.1. The molecule has 2 rings (SSSR count). The van der Waals surface area contributed by atoms with Crippen molar-refractivity contribution in [1.29, 1.82) is 0 Å². The molecule has 0 saturated carbocycles. The molecule has 38 heavy (non-hydrogen) atoms. The van der Waals surface area contributed by atoms with Crippen molar-refractivity contribution in [2.75, 3.05) is 26.2 Å². The first-order valence-corrected chi connectivity index (χ1v) is 13.1. The SMILES string of the molecule is NC(N)=NCCCCCCNC(=O)c1cccnc1-c1ncccc1C(=O)NCCCCCC[NH+]=C(N)[NH3+]. The zero-order valence-electron chi connectivity index (χ0n) is 22.0. The van der Waals surface area contributed by atoms with Crippen LogP contribution in [0.3, 0.4) is 0 Å². The largest absolute Gasteiger partial charge is 0.434 e. The Labute approximate surface area is 223 Å². The number of unbranched alkanes of at least 4 members (excludes halogenated alkanes) is 6. The Kier molecular flexibility index (Phi) is 13.8. The average Bonchev–Trinajstić information content (AvgIpc) is 2.91. The molecule has 2 aromatic heterocycles. The van der Waals surface area contributed by atoms with Crippen LogP contribution in [0.5, 0.6) is 0 Å². The lowest BCUT2D eigenvalue weighted by Gasteiger charge is -2.12. The standard InChI is InChI=1S/C26H40N10O2/c27-25(28)35-15-7-3-1-5-13-33-23(37)19-11-9-17-31-21(19)22-20(12-10-18-32-22)24(38)34-14-6-2-4-8-16-36-26(29)30/h9-12,17-18H,1-8,13-16H2,(H,33,37)(H,34,38)(H4,27,28,35)(H4,29,30,36)/p+2. The third-order valence-electron chi connectivity index (χ3n) is 5.73. The van der Waals surface area contributed by atoms with Gasteiger partial charge in [-0.3, -0.25) is 30.3 Å². The van der Waals surface area contributed by atoms with Gasteiger partial charge in [0.25, 0.3) is 11.8 Å². The Morgan fingerprint density at radius 3 is 1.79 bits per heavy atom. The topological polar surface area (TPSA) is 216 Å². The molecule has 2 amide bonds. The number of hydrogen-bond donors (Lipinski definition) is 7. The molecule has 0 aliphatic rings. The number of amides is 2. The summed E-state index contributed by atoms with van der Waals surface area (Å²) in [6.45, 7) is 2.48. The van der Waals surface area contributed by atoms with E-state index in [0.29, 0.717) is 48.1 Å². The summed E-state index contributed by atoms with van der Waals surface area (Å²) >= 11 is 0. The van der Waals surface area contributed by atoms with Crippen LogP contribution in [0.1, 0.15) is 72.1 Å². The summed E-state index contributed by atoms with van der Waals surface area (Å²) < 4.78 is 0. The number of carbonyl (C=O) groups is 2. The molecule has 0 fully saturated rings. The number of nitrogens with zero attached hydrogens (tertiary/aromatic N) is 3. The van der Waals surface area contributed by atoms with Gasteiger partial charge in [-0.1, -0.05) is 19.3 Å². The van der Waals surface area contributed by atoms with Crippen LogP contribution in [0.25, 0.3) is 11.4 Å². The maximum Gasteiger partial charge on any atom is 0.434 e. The highest BCUT2D eigenvalue weighted by molar-refractivity contribution is 6.04. The molecule has 2 heterocycles. The van der Waals surface area contributed by atoms with Crippen LogP contribution in [0.15, 0.2) is 41.7 Å². The molecule has 0 bridgehead atoms. The Morgan fingerprint density at radius 1 is 0.789 bits per heavy atom. The van der Waals surface area contributed by atoms with Crippen molar-refractivity contribution < 1.29 is 20.3 Å². The monoisotopic (exact) mass is 526 g/mol. The minimum atomic E-state index is -0.252. The van der Waals surface area contributed by atoms with Crippen molar-refractivity contribution >= 4 is 23.7 Å². The summed E-state index contributed by atoms with van der Waals surface area (Å²) in [6, 6.07) is 6.79. The molecular weight excluding hydrogens is 484 g/mol. The van der Waals surface area contributed by atoms with Crippen molar-refractivity contribution in [3.8, 4) is 11.4 Å². The van der Waals surface area contributed by atoms with Gasteiger partial charge in [0.2, 0.25) is 0 Å². The van der Waals surface area contributed by atoms with Crippen LogP contribution in [-0.4, -0.2) is 59.9 Å². The number of aliphatic imine (C=N–C) groups is 1. The van der Waals surface area contributed by atoms with Gasteiger partial charge in [-0.05, 0) is 56.4 Å². The van der Waals surface area contributed by atoms with Crippen LogP contribution in [0, 0.1) is 0 Å². The fourth-order valence-corrected chi connectivity index (χ4v) is 3.80. The molecule has 12 heteroatoms. The van der Waals surface area contributed by atoms with Gasteiger partial charge in [-0.25, -0.2) is 10.7 Å². The molecule has 0 spiro atoms. The average molecular weight is 527 g/mol. The number of nitrogens with two attached hydrogens (primary N) is 3. The van der Waals surface area contributed by atoms with E-state index in [2.05, 4.69) is 36.3 Å². The molecular formula is C26H42N10O2+2. The predicted molar refractivity (Wildman–Crippen MR) is 148 cm³/mol. The number of quaternary nitrogens is 1. The van der Waals surface area contributed by atoms with Crippen LogP contribution in [0.4, 0.5) is 0 Å². The van der Waals surface area contributed by atoms with E-state index >= 15 is 0 Å². The molecule has 206 valence electrons. The van der Waals surface area contributed by atoms with Crippen LogP contribution in [-0.2, 0) is 0 Å². The first-order chi connectivity index (χ1) is 18.4. The van der Waals surface area contributed by atoms with Gasteiger partial charge in [0.1, 0.15) is 11.4 Å². The fourth-order valence-electron chi connectivity index (χ4n) is 3.80. The van der Waals surface area contributed by atoms with Gasteiger partial charge in [0.05, 0.1) is 17.7 Å². The van der Waals surface area contributed by atoms with E-state index < -0.39 is 0 Å². The molecule has 2 aromatic rings. The number of hydrogen-bond acceptors (Lipinski definition) is 5. The van der Waals surface area contributed by atoms with Gasteiger partial charge >= 0.3 is 5.96 Å². The number of nitrogens with one attached hydrogen (secondary N) is 3. The number of aromatic nitrogens is 2. The van der Waals surface area contributed by atoms with Crippen LogP contribution >= 0.6 is 0 Å². The highest BCUT2D eigenvalue weighted by atomic mass is 16.2. The van der Waals surface area contributed by atoms with E-state index in [9.17, 15) is 9.59 Å². The highest BCUT2D eigenvalue weighted by Gasteiger charge is 2.20. The third-order valence-corrected chi connectivity index (χ3v) is 5.73. The molecule has 0 aliphatic carbocycles. The van der Waals surface area contributed by atoms with Gasteiger partial charge < -0.3 is 22.1 Å². The first kappa shape index (κ1) is 30.2.